The predicted octanol–water partition coefficient (Wildman–Crippen LogP) is 1.14. The molecule has 1 amide bonds. The van der Waals surface area contributed by atoms with Crippen LogP contribution in [0.3, 0.4) is 0 Å². The van der Waals surface area contributed by atoms with Crippen LogP contribution in [0, 0.1) is 0 Å². The van der Waals surface area contributed by atoms with Gasteiger partial charge in [0, 0.05) is 13.1 Å². The van der Waals surface area contributed by atoms with Crippen LogP contribution in [0.1, 0.15) is 5.56 Å². The fourth-order valence-corrected chi connectivity index (χ4v) is 1.44. The Labute approximate surface area is 117 Å². The quantitative estimate of drug-likeness (QED) is 0.490. The first-order valence-electron chi connectivity index (χ1n) is 6.15. The van der Waals surface area contributed by atoms with Crippen LogP contribution in [0.25, 0.3) is 0 Å². The third-order valence-corrected chi connectivity index (χ3v) is 2.44. The van der Waals surface area contributed by atoms with Crippen molar-refractivity contribution in [2.45, 2.75) is 12.6 Å². The molecule has 1 aromatic rings. The van der Waals surface area contributed by atoms with Crippen molar-refractivity contribution in [3.8, 4) is 0 Å². The van der Waals surface area contributed by atoms with Crippen LogP contribution in [0.2, 0.25) is 0 Å². The van der Waals surface area contributed by atoms with Gasteiger partial charge in [0.25, 0.3) is 0 Å². The molecule has 20 heavy (non-hydrogen) atoms. The molecule has 0 unspecified atom stereocenters. The molecule has 0 spiro atoms. The highest BCUT2D eigenvalue weighted by molar-refractivity contribution is 5.80. The Morgan fingerprint density at radius 3 is 2.65 bits per heavy atom. The Hall–Kier alpha value is -2.34. The molecular weight excluding hydrogens is 260 g/mol. The number of hydrogen-bond donors (Lipinski definition) is 3. The summed E-state index contributed by atoms with van der Waals surface area (Å²) >= 11 is 0. The number of carboxylic acid groups (broad SMARTS) is 1. The molecule has 1 rings (SSSR count). The number of hydrogen-bond acceptors (Lipinski definition) is 4. The van der Waals surface area contributed by atoms with Crippen molar-refractivity contribution in [3.63, 3.8) is 0 Å². The molecule has 0 aliphatic rings. The van der Waals surface area contributed by atoms with Gasteiger partial charge in [0.2, 0.25) is 0 Å². The fraction of sp³-hybridized carbons (Fsp3) is 0.286. The summed E-state index contributed by atoms with van der Waals surface area (Å²) in [4.78, 5) is 22.5. The predicted molar refractivity (Wildman–Crippen MR) is 74.3 cm³/mol. The van der Waals surface area contributed by atoms with E-state index in [1.165, 1.54) is 0 Å². The number of carbonyl (C=O) groups excluding carboxylic acids is 1. The molecule has 1 aromatic carbocycles. The van der Waals surface area contributed by atoms with Crippen LogP contribution in [0.15, 0.2) is 43.0 Å². The summed E-state index contributed by atoms with van der Waals surface area (Å²) in [6.45, 7) is 4.16. The van der Waals surface area contributed by atoms with E-state index in [-0.39, 0.29) is 13.2 Å². The van der Waals surface area contributed by atoms with Gasteiger partial charge in [0.15, 0.2) is 0 Å². The zero-order chi connectivity index (χ0) is 14.8. The number of aliphatic carboxylic acids is 1. The van der Waals surface area contributed by atoms with Crippen LogP contribution in [0.5, 0.6) is 0 Å². The van der Waals surface area contributed by atoms with E-state index < -0.39 is 18.1 Å². The first kappa shape index (κ1) is 15.7. The molecule has 0 radical (unpaired) electrons. The Morgan fingerprint density at radius 2 is 2.05 bits per heavy atom. The van der Waals surface area contributed by atoms with Crippen molar-refractivity contribution in [2.75, 3.05) is 13.1 Å². The van der Waals surface area contributed by atoms with Crippen LogP contribution in [-0.2, 0) is 16.1 Å². The maximum atomic E-state index is 11.5. The normalized spacial score (nSPS) is 11.4. The molecule has 3 N–H and O–H groups in total. The third kappa shape index (κ3) is 6.01. The zero-order valence-electron chi connectivity index (χ0n) is 11.0. The lowest BCUT2D eigenvalue weighted by atomic mass is 10.2. The average Bonchev–Trinajstić information content (AvgIpc) is 2.45. The molecule has 0 fully saturated rings. The number of benzene rings is 1. The summed E-state index contributed by atoms with van der Waals surface area (Å²) in [5, 5.41) is 14.1. The number of carboxylic acids is 1. The minimum atomic E-state index is -1.13. The van der Waals surface area contributed by atoms with E-state index >= 15 is 0 Å². The van der Waals surface area contributed by atoms with E-state index in [2.05, 4.69) is 17.2 Å². The van der Waals surface area contributed by atoms with Gasteiger partial charge in [0.1, 0.15) is 12.6 Å². The maximum absolute atomic E-state index is 11.5. The molecule has 0 aliphatic carbocycles. The van der Waals surface area contributed by atoms with E-state index in [0.717, 1.165) is 5.56 Å². The Kier molecular flexibility index (Phi) is 6.84. The van der Waals surface area contributed by atoms with Gasteiger partial charge in [-0.15, -0.1) is 6.58 Å². The second kappa shape index (κ2) is 8.71. The average molecular weight is 278 g/mol. The molecule has 6 nitrogen and oxygen atoms in total. The summed E-state index contributed by atoms with van der Waals surface area (Å²) in [6.07, 6.45) is 0.841. The van der Waals surface area contributed by atoms with Crippen molar-refractivity contribution >= 4 is 12.1 Å². The third-order valence-electron chi connectivity index (χ3n) is 2.44. The van der Waals surface area contributed by atoms with Gasteiger partial charge in [-0.2, -0.15) is 0 Å². The minimum absolute atomic E-state index is 0.0963. The topological polar surface area (TPSA) is 87.7 Å². The van der Waals surface area contributed by atoms with Crippen molar-refractivity contribution < 1.29 is 19.4 Å². The highest BCUT2D eigenvalue weighted by Crippen LogP contribution is 2.00. The van der Waals surface area contributed by atoms with Crippen molar-refractivity contribution in [3.05, 3.63) is 48.6 Å². The van der Waals surface area contributed by atoms with E-state index in [1.54, 1.807) is 6.08 Å². The van der Waals surface area contributed by atoms with E-state index in [4.69, 9.17) is 9.84 Å². The van der Waals surface area contributed by atoms with Crippen LogP contribution in [-0.4, -0.2) is 36.3 Å². The number of alkyl carbamates (subject to hydrolysis) is 1. The largest absolute Gasteiger partial charge is 0.480 e. The second-order valence-corrected chi connectivity index (χ2v) is 4.04. The van der Waals surface area contributed by atoms with Gasteiger partial charge in [-0.3, -0.25) is 0 Å². The monoisotopic (exact) mass is 278 g/mol. The van der Waals surface area contributed by atoms with Crippen LogP contribution in [0.4, 0.5) is 4.79 Å². The molecule has 0 aromatic heterocycles. The van der Waals surface area contributed by atoms with Crippen LogP contribution < -0.4 is 10.6 Å². The zero-order valence-corrected chi connectivity index (χ0v) is 11.0. The highest BCUT2D eigenvalue weighted by atomic mass is 16.5. The van der Waals surface area contributed by atoms with Gasteiger partial charge in [0.05, 0.1) is 0 Å². The molecule has 0 bridgehead atoms. The van der Waals surface area contributed by atoms with Gasteiger partial charge in [-0.05, 0) is 5.56 Å². The van der Waals surface area contributed by atoms with E-state index in [1.807, 2.05) is 30.3 Å². The first-order chi connectivity index (χ1) is 9.63. The lowest BCUT2D eigenvalue weighted by molar-refractivity contribution is -0.139. The van der Waals surface area contributed by atoms with Crippen molar-refractivity contribution in [1.29, 1.82) is 0 Å². The SMILES string of the molecule is C=CCNC[C@H](NC(=O)OCc1ccccc1)C(=O)O. The summed E-state index contributed by atoms with van der Waals surface area (Å²) in [5.74, 6) is -1.13. The van der Waals surface area contributed by atoms with Crippen molar-refractivity contribution in [1.82, 2.24) is 10.6 Å². The molecular formula is C14H18N2O4. The summed E-state index contributed by atoms with van der Waals surface area (Å²) in [7, 11) is 0. The van der Waals surface area contributed by atoms with E-state index in [9.17, 15) is 9.59 Å². The molecule has 0 aliphatic heterocycles. The van der Waals surface area contributed by atoms with Crippen molar-refractivity contribution in [2.24, 2.45) is 0 Å². The van der Waals surface area contributed by atoms with E-state index in [0.29, 0.717) is 6.54 Å². The number of carbonyl (C=O) groups is 2. The summed E-state index contributed by atoms with van der Waals surface area (Å²) in [6, 6.07) is 8.10. The number of amides is 1. The van der Waals surface area contributed by atoms with Crippen LogP contribution >= 0.6 is 0 Å². The molecule has 6 heteroatoms. The van der Waals surface area contributed by atoms with Gasteiger partial charge >= 0.3 is 12.1 Å². The molecule has 0 saturated carbocycles. The fourth-order valence-electron chi connectivity index (χ4n) is 1.44. The number of nitrogens with one attached hydrogen (secondary N) is 2. The lowest BCUT2D eigenvalue weighted by Gasteiger charge is -2.14. The van der Waals surface area contributed by atoms with Gasteiger partial charge in [-0.1, -0.05) is 36.4 Å². The standard InChI is InChI=1S/C14H18N2O4/c1-2-8-15-9-12(13(17)18)16-14(19)20-10-11-6-4-3-5-7-11/h2-7,12,15H,1,8-10H2,(H,16,19)(H,17,18)/t12-/m0/s1. The Balaban J connectivity index is 2.37. The van der Waals surface area contributed by atoms with Gasteiger partial charge < -0.3 is 20.5 Å². The minimum Gasteiger partial charge on any atom is -0.480 e. The number of rotatable bonds is 8. The first-order valence-corrected chi connectivity index (χ1v) is 6.15. The maximum Gasteiger partial charge on any atom is 0.408 e. The Morgan fingerprint density at radius 1 is 1.35 bits per heavy atom. The Bertz CT molecular complexity index is 448. The summed E-state index contributed by atoms with van der Waals surface area (Å²) in [5.41, 5.74) is 0.833. The molecule has 1 atom stereocenters. The second-order valence-electron chi connectivity index (χ2n) is 4.04. The lowest BCUT2D eigenvalue weighted by Crippen LogP contribution is -2.47. The van der Waals surface area contributed by atoms with Gasteiger partial charge in [-0.25, -0.2) is 9.59 Å². The molecule has 108 valence electrons. The smallest absolute Gasteiger partial charge is 0.408 e. The summed E-state index contributed by atoms with van der Waals surface area (Å²) < 4.78 is 4.95. The highest BCUT2D eigenvalue weighted by Gasteiger charge is 2.19. The number of ether oxygens (including phenoxy) is 1. The molecule has 0 heterocycles. The molecule has 0 saturated heterocycles.